The Morgan fingerprint density at radius 2 is 1.89 bits per heavy atom. The van der Waals surface area contributed by atoms with Gasteiger partial charge in [-0.1, -0.05) is 30.3 Å². The number of imide groups is 1. The molecular weight excluding hydrogens is 368 g/mol. The number of hydrogen-bond acceptors (Lipinski definition) is 6. The minimum absolute atomic E-state index is 0.0256. The van der Waals surface area contributed by atoms with Gasteiger partial charge in [-0.15, -0.1) is 0 Å². The van der Waals surface area contributed by atoms with Crippen LogP contribution < -0.4 is 16.0 Å². The molecule has 10 nitrogen and oxygen atoms in total. The average Bonchev–Trinajstić information content (AvgIpc) is 2.90. The van der Waals surface area contributed by atoms with Crippen LogP contribution in [0.4, 0.5) is 9.59 Å². The summed E-state index contributed by atoms with van der Waals surface area (Å²) < 4.78 is 5.08. The summed E-state index contributed by atoms with van der Waals surface area (Å²) in [5.74, 6) is -1.80. The van der Waals surface area contributed by atoms with Crippen molar-refractivity contribution in [1.29, 1.82) is 0 Å². The maximum atomic E-state index is 12.9. The highest BCUT2D eigenvalue weighted by molar-refractivity contribution is 6.07. The molecule has 2 fully saturated rings. The number of carboxylic acids is 1. The maximum Gasteiger partial charge on any atom is 0.409 e. The number of hydrogen-bond donors (Lipinski definition) is 4. The fourth-order valence-corrected chi connectivity index (χ4v) is 3.39. The van der Waals surface area contributed by atoms with Gasteiger partial charge in [-0.25, -0.2) is 14.5 Å². The second-order valence-electron chi connectivity index (χ2n) is 6.76. The highest BCUT2D eigenvalue weighted by atomic mass is 16.5. The van der Waals surface area contributed by atoms with E-state index in [1.54, 1.807) is 24.3 Å². The minimum atomic E-state index is -1.34. The number of piperidine rings is 1. The van der Waals surface area contributed by atoms with E-state index < -0.39 is 42.1 Å². The molecule has 1 aromatic rings. The van der Waals surface area contributed by atoms with E-state index in [4.69, 9.17) is 9.84 Å². The number of rotatable bonds is 6. The SMILES string of the molecule is O=C(O)CC(NC(=O)OCc1ccccc1)N1C(=O)NC2(CCNCC2)C1=O. The summed E-state index contributed by atoms with van der Waals surface area (Å²) in [5, 5.41) is 17.3. The first-order chi connectivity index (χ1) is 13.4. The summed E-state index contributed by atoms with van der Waals surface area (Å²) in [6.07, 6.45) is -2.10. The highest BCUT2D eigenvalue weighted by Crippen LogP contribution is 2.28. The third-order valence-corrected chi connectivity index (χ3v) is 4.83. The van der Waals surface area contributed by atoms with Crippen LogP contribution in [-0.2, 0) is 20.9 Å². The van der Waals surface area contributed by atoms with Crippen LogP contribution in [0.3, 0.4) is 0 Å². The van der Waals surface area contributed by atoms with Gasteiger partial charge >= 0.3 is 18.1 Å². The summed E-state index contributed by atoms with van der Waals surface area (Å²) in [4.78, 5) is 49.5. The summed E-state index contributed by atoms with van der Waals surface area (Å²) in [6, 6.07) is 8.20. The summed E-state index contributed by atoms with van der Waals surface area (Å²) >= 11 is 0. The van der Waals surface area contributed by atoms with Crippen LogP contribution in [0, 0.1) is 0 Å². The fraction of sp³-hybridized carbons (Fsp3) is 0.444. The van der Waals surface area contributed by atoms with Gasteiger partial charge in [-0.3, -0.25) is 14.9 Å². The van der Waals surface area contributed by atoms with Crippen molar-refractivity contribution in [1.82, 2.24) is 20.9 Å². The molecule has 0 saturated carbocycles. The van der Waals surface area contributed by atoms with E-state index in [0.717, 1.165) is 10.5 Å². The maximum absolute atomic E-state index is 12.9. The minimum Gasteiger partial charge on any atom is -0.481 e. The summed E-state index contributed by atoms with van der Waals surface area (Å²) in [5.41, 5.74) is -0.314. The first kappa shape index (κ1) is 19.6. The van der Waals surface area contributed by atoms with Gasteiger partial charge in [-0.2, -0.15) is 0 Å². The monoisotopic (exact) mass is 390 g/mol. The Morgan fingerprint density at radius 3 is 2.54 bits per heavy atom. The van der Waals surface area contributed by atoms with E-state index in [9.17, 15) is 19.2 Å². The van der Waals surface area contributed by atoms with Gasteiger partial charge in [-0.05, 0) is 31.5 Å². The van der Waals surface area contributed by atoms with Crippen molar-refractivity contribution in [2.24, 2.45) is 0 Å². The Bertz CT molecular complexity index is 763. The Morgan fingerprint density at radius 1 is 1.21 bits per heavy atom. The smallest absolute Gasteiger partial charge is 0.409 e. The molecule has 0 aromatic heterocycles. The van der Waals surface area contributed by atoms with Crippen LogP contribution in [-0.4, -0.2) is 58.8 Å². The lowest BCUT2D eigenvalue weighted by Gasteiger charge is -2.32. The Balaban J connectivity index is 1.69. The predicted octanol–water partition coefficient (Wildman–Crippen LogP) is 0.388. The molecule has 0 radical (unpaired) electrons. The molecule has 2 saturated heterocycles. The number of aliphatic carboxylic acids is 1. The predicted molar refractivity (Wildman–Crippen MR) is 96.0 cm³/mol. The van der Waals surface area contributed by atoms with E-state index in [2.05, 4.69) is 16.0 Å². The van der Waals surface area contributed by atoms with Gasteiger partial charge in [0.05, 0.1) is 6.42 Å². The molecule has 2 heterocycles. The van der Waals surface area contributed by atoms with Gasteiger partial charge in [0.1, 0.15) is 18.3 Å². The number of urea groups is 1. The van der Waals surface area contributed by atoms with E-state index in [-0.39, 0.29) is 6.61 Å². The van der Waals surface area contributed by atoms with Crippen molar-refractivity contribution in [2.45, 2.75) is 37.6 Å². The molecule has 1 spiro atoms. The number of alkyl carbamates (subject to hydrolysis) is 1. The van der Waals surface area contributed by atoms with Crippen molar-refractivity contribution in [3.8, 4) is 0 Å². The topological polar surface area (TPSA) is 137 Å². The largest absolute Gasteiger partial charge is 0.481 e. The van der Waals surface area contributed by atoms with Crippen LogP contribution in [0.5, 0.6) is 0 Å². The Hall–Kier alpha value is -3.14. The molecule has 28 heavy (non-hydrogen) atoms. The highest BCUT2D eigenvalue weighted by Gasteiger charge is 2.54. The van der Waals surface area contributed by atoms with Crippen LogP contribution in [0.15, 0.2) is 30.3 Å². The van der Waals surface area contributed by atoms with Crippen LogP contribution >= 0.6 is 0 Å². The number of carbonyl (C=O) groups is 4. The van der Waals surface area contributed by atoms with Crippen molar-refractivity contribution in [3.05, 3.63) is 35.9 Å². The van der Waals surface area contributed by atoms with Crippen molar-refractivity contribution in [2.75, 3.05) is 13.1 Å². The fourth-order valence-electron chi connectivity index (χ4n) is 3.39. The zero-order valence-corrected chi connectivity index (χ0v) is 15.1. The number of amides is 4. The van der Waals surface area contributed by atoms with Crippen molar-refractivity contribution < 1.29 is 29.0 Å². The second kappa shape index (κ2) is 8.26. The standard InChI is InChI=1S/C18H22N4O6/c23-14(24)10-13(20-17(27)28-11-12-4-2-1-3-5-12)22-15(25)18(21-16(22)26)6-8-19-9-7-18/h1-5,13,19H,6-11H2,(H,20,27)(H,21,26)(H,23,24). The molecule has 1 unspecified atom stereocenters. The molecule has 4 amide bonds. The van der Waals surface area contributed by atoms with E-state index in [0.29, 0.717) is 25.9 Å². The number of nitrogens with zero attached hydrogens (tertiary/aromatic N) is 1. The zero-order chi connectivity index (χ0) is 20.1. The van der Waals surface area contributed by atoms with E-state index in [1.165, 1.54) is 0 Å². The molecule has 1 atom stereocenters. The first-order valence-electron chi connectivity index (χ1n) is 8.97. The second-order valence-corrected chi connectivity index (χ2v) is 6.76. The normalized spacial score (nSPS) is 19.2. The van der Waals surface area contributed by atoms with E-state index in [1.807, 2.05) is 6.07 Å². The Kier molecular flexibility index (Phi) is 5.78. The third-order valence-electron chi connectivity index (χ3n) is 4.83. The molecule has 2 aliphatic heterocycles. The van der Waals surface area contributed by atoms with Gasteiger partial charge in [0, 0.05) is 0 Å². The quantitative estimate of drug-likeness (QED) is 0.516. The van der Waals surface area contributed by atoms with Crippen molar-refractivity contribution >= 4 is 24.0 Å². The lowest BCUT2D eigenvalue weighted by molar-refractivity contribution is -0.140. The molecule has 150 valence electrons. The number of benzene rings is 1. The van der Waals surface area contributed by atoms with E-state index >= 15 is 0 Å². The molecule has 4 N–H and O–H groups in total. The summed E-state index contributed by atoms with van der Waals surface area (Å²) in [6.45, 7) is 1.08. The van der Waals surface area contributed by atoms with Gasteiger partial charge < -0.3 is 20.5 Å². The van der Waals surface area contributed by atoms with Crippen LogP contribution in [0.1, 0.15) is 24.8 Å². The first-order valence-corrected chi connectivity index (χ1v) is 8.97. The molecule has 0 aliphatic carbocycles. The number of ether oxygens (including phenoxy) is 1. The number of nitrogens with one attached hydrogen (secondary N) is 3. The number of carboxylic acid groups (broad SMARTS) is 1. The molecule has 0 bridgehead atoms. The molecule has 1 aromatic carbocycles. The lowest BCUT2D eigenvalue weighted by Crippen LogP contribution is -2.56. The molecule has 3 rings (SSSR count). The van der Waals surface area contributed by atoms with Crippen molar-refractivity contribution in [3.63, 3.8) is 0 Å². The zero-order valence-electron chi connectivity index (χ0n) is 15.1. The molecular formula is C18H22N4O6. The Labute approximate surface area is 161 Å². The molecule has 2 aliphatic rings. The lowest BCUT2D eigenvalue weighted by atomic mass is 9.88. The molecule has 10 heteroatoms. The van der Waals surface area contributed by atoms with Gasteiger partial charge in [0.15, 0.2) is 0 Å². The summed E-state index contributed by atoms with van der Waals surface area (Å²) in [7, 11) is 0. The van der Waals surface area contributed by atoms with Gasteiger partial charge in [0.2, 0.25) is 0 Å². The average molecular weight is 390 g/mol. The van der Waals surface area contributed by atoms with Crippen LogP contribution in [0.2, 0.25) is 0 Å². The number of carbonyl (C=O) groups excluding carboxylic acids is 3. The van der Waals surface area contributed by atoms with Crippen LogP contribution in [0.25, 0.3) is 0 Å². The third kappa shape index (κ3) is 4.22. The van der Waals surface area contributed by atoms with Gasteiger partial charge in [0.25, 0.3) is 5.91 Å².